The van der Waals surface area contributed by atoms with Crippen molar-refractivity contribution >= 4 is 18.0 Å². The summed E-state index contributed by atoms with van der Waals surface area (Å²) in [6.07, 6.45) is 1.23. The lowest BCUT2D eigenvalue weighted by Crippen LogP contribution is -2.47. The van der Waals surface area contributed by atoms with Gasteiger partial charge < -0.3 is 20.1 Å². The van der Waals surface area contributed by atoms with Gasteiger partial charge >= 0.3 is 12.1 Å². The number of hydrogen-bond donors (Lipinski definition) is 2. The van der Waals surface area contributed by atoms with Crippen molar-refractivity contribution in [1.29, 1.82) is 0 Å². The Morgan fingerprint density at radius 1 is 1.12 bits per heavy atom. The summed E-state index contributed by atoms with van der Waals surface area (Å²) in [5.41, 5.74) is -0.475. The van der Waals surface area contributed by atoms with Gasteiger partial charge in [-0.3, -0.25) is 9.59 Å². The summed E-state index contributed by atoms with van der Waals surface area (Å²) in [5.74, 6) is -2.98. The average molecular weight is 447 g/mol. The molecule has 0 aliphatic carbocycles. The van der Waals surface area contributed by atoms with E-state index < -0.39 is 41.0 Å². The summed E-state index contributed by atoms with van der Waals surface area (Å²) in [5, 5.41) is 12.7. The number of carbonyl (C=O) groups excluding carboxylic acids is 2. The van der Waals surface area contributed by atoms with E-state index in [9.17, 15) is 19.5 Å². The van der Waals surface area contributed by atoms with Gasteiger partial charge in [0.25, 0.3) is 0 Å². The molecule has 1 aromatic rings. The van der Waals surface area contributed by atoms with Crippen LogP contribution >= 0.6 is 0 Å². The summed E-state index contributed by atoms with van der Waals surface area (Å²) >= 11 is 0. The predicted molar refractivity (Wildman–Crippen MR) is 125 cm³/mol. The lowest BCUT2D eigenvalue weighted by molar-refractivity contribution is -0.155. The second-order valence-corrected chi connectivity index (χ2v) is 10.1. The molecule has 32 heavy (non-hydrogen) atoms. The number of rotatable bonds is 9. The fourth-order valence-corrected chi connectivity index (χ4v) is 3.72. The minimum absolute atomic E-state index is 0.159. The maximum Gasteiger partial charge on any atom is 0.408 e. The van der Waals surface area contributed by atoms with Gasteiger partial charge in [-0.2, -0.15) is 0 Å². The van der Waals surface area contributed by atoms with E-state index in [0.717, 1.165) is 5.56 Å². The second-order valence-electron chi connectivity index (χ2n) is 10.1. The molecule has 2 N–H and O–H groups in total. The average Bonchev–Trinajstić information content (AvgIpc) is 2.64. The van der Waals surface area contributed by atoms with Crippen LogP contribution in [0.25, 0.3) is 0 Å². The normalized spacial score (nSPS) is 14.6. The molecule has 7 heteroatoms. The molecular formula is C25H38N2O5. The van der Waals surface area contributed by atoms with E-state index in [1.165, 1.54) is 4.90 Å². The van der Waals surface area contributed by atoms with Crippen LogP contribution in [0.5, 0.6) is 0 Å². The molecule has 0 bridgehead atoms. The minimum atomic E-state index is -1.02. The SMILES string of the molecule is C=CCC(C(=O)N(C)C[C@H](NC(=O)OC(C)(C)C)c1ccccc1)[C@H](C(=O)O)C(C)(C)C. The Morgan fingerprint density at radius 3 is 2.12 bits per heavy atom. The third-order valence-corrected chi connectivity index (χ3v) is 5.06. The molecule has 7 nitrogen and oxygen atoms in total. The Kier molecular flexibility index (Phi) is 9.49. The van der Waals surface area contributed by atoms with E-state index >= 15 is 0 Å². The number of nitrogens with zero attached hydrogens (tertiary/aromatic N) is 1. The highest BCUT2D eigenvalue weighted by Gasteiger charge is 2.42. The number of allylic oxidation sites excluding steroid dienone is 1. The van der Waals surface area contributed by atoms with Gasteiger partial charge in [0.1, 0.15) is 5.60 Å². The van der Waals surface area contributed by atoms with Crippen molar-refractivity contribution < 1.29 is 24.2 Å². The van der Waals surface area contributed by atoms with E-state index in [1.54, 1.807) is 33.9 Å². The van der Waals surface area contributed by atoms with E-state index in [2.05, 4.69) is 11.9 Å². The number of carbonyl (C=O) groups is 3. The largest absolute Gasteiger partial charge is 0.481 e. The zero-order chi connectivity index (χ0) is 24.7. The van der Waals surface area contributed by atoms with Crippen LogP contribution in [-0.4, -0.2) is 47.2 Å². The number of amides is 2. The number of carboxylic acids is 1. The fourth-order valence-electron chi connectivity index (χ4n) is 3.72. The van der Waals surface area contributed by atoms with E-state index in [-0.39, 0.29) is 18.9 Å². The highest BCUT2D eigenvalue weighted by atomic mass is 16.6. The molecule has 178 valence electrons. The van der Waals surface area contributed by atoms with Gasteiger partial charge in [-0.1, -0.05) is 57.2 Å². The third kappa shape index (κ3) is 8.36. The Bertz CT molecular complexity index is 793. The highest BCUT2D eigenvalue weighted by Crippen LogP contribution is 2.35. The first-order chi connectivity index (χ1) is 14.7. The molecule has 0 fully saturated rings. The summed E-state index contributed by atoms with van der Waals surface area (Å²) in [7, 11) is 1.62. The highest BCUT2D eigenvalue weighted by molar-refractivity contribution is 5.85. The van der Waals surface area contributed by atoms with Gasteiger partial charge in [0.15, 0.2) is 0 Å². The van der Waals surface area contributed by atoms with E-state index in [4.69, 9.17) is 4.74 Å². The quantitative estimate of drug-likeness (QED) is 0.538. The maximum absolute atomic E-state index is 13.4. The smallest absolute Gasteiger partial charge is 0.408 e. The first-order valence-corrected chi connectivity index (χ1v) is 10.8. The van der Waals surface area contributed by atoms with Gasteiger partial charge in [-0.05, 0) is 38.2 Å². The Morgan fingerprint density at radius 2 is 1.69 bits per heavy atom. The first-order valence-electron chi connectivity index (χ1n) is 10.8. The van der Waals surface area contributed by atoms with Gasteiger partial charge in [-0.25, -0.2) is 4.79 Å². The van der Waals surface area contributed by atoms with Crippen molar-refractivity contribution in [2.75, 3.05) is 13.6 Å². The molecule has 0 radical (unpaired) electrons. The van der Waals surface area contributed by atoms with Crippen molar-refractivity contribution in [3.63, 3.8) is 0 Å². The number of hydrogen-bond acceptors (Lipinski definition) is 4. The molecule has 0 heterocycles. The van der Waals surface area contributed by atoms with Crippen LogP contribution in [0.1, 0.15) is 59.6 Å². The minimum Gasteiger partial charge on any atom is -0.481 e. The zero-order valence-corrected chi connectivity index (χ0v) is 20.3. The van der Waals surface area contributed by atoms with Crippen molar-refractivity contribution in [2.24, 2.45) is 17.3 Å². The summed E-state index contributed by atoms with van der Waals surface area (Å²) in [6.45, 7) is 14.6. The Labute approximate surface area is 191 Å². The van der Waals surface area contributed by atoms with E-state index in [1.807, 2.05) is 51.1 Å². The molecule has 0 saturated heterocycles. The molecule has 0 aliphatic rings. The summed E-state index contributed by atoms with van der Waals surface area (Å²) < 4.78 is 5.39. The molecule has 1 aromatic carbocycles. The standard InChI is InChI=1S/C25H38N2O5/c1-9-13-18(20(22(29)30)24(2,3)4)21(28)27(8)16-19(17-14-11-10-12-15-17)26-23(31)32-25(5,6)7/h9-12,14-15,18-20H,1,13,16H2,2-8H3,(H,26,31)(H,29,30)/t18?,19-,20+/m0/s1. The number of carboxylic acid groups (broad SMARTS) is 1. The molecular weight excluding hydrogens is 408 g/mol. The topological polar surface area (TPSA) is 95.9 Å². The monoisotopic (exact) mass is 446 g/mol. The lowest BCUT2D eigenvalue weighted by Gasteiger charge is -2.36. The molecule has 3 atom stereocenters. The Balaban J connectivity index is 3.16. The number of likely N-dealkylation sites (N-methyl/N-ethyl adjacent to an activating group) is 1. The van der Waals surface area contributed by atoms with Gasteiger partial charge in [0.05, 0.1) is 17.9 Å². The van der Waals surface area contributed by atoms with Crippen molar-refractivity contribution in [3.05, 3.63) is 48.6 Å². The number of ether oxygens (including phenoxy) is 1. The van der Waals surface area contributed by atoms with Gasteiger partial charge in [0.2, 0.25) is 5.91 Å². The second kappa shape index (κ2) is 11.2. The molecule has 0 saturated carbocycles. The maximum atomic E-state index is 13.4. The Hall–Kier alpha value is -2.83. The lowest BCUT2D eigenvalue weighted by atomic mass is 9.71. The summed E-state index contributed by atoms with van der Waals surface area (Å²) in [4.78, 5) is 39.3. The van der Waals surface area contributed by atoms with Crippen molar-refractivity contribution in [2.45, 2.75) is 59.6 Å². The van der Waals surface area contributed by atoms with Gasteiger partial charge in [0, 0.05) is 13.6 Å². The molecule has 0 aliphatic heterocycles. The van der Waals surface area contributed by atoms with Crippen molar-refractivity contribution in [3.8, 4) is 0 Å². The molecule has 1 rings (SSSR count). The van der Waals surface area contributed by atoms with Crippen LogP contribution in [0, 0.1) is 17.3 Å². The van der Waals surface area contributed by atoms with Crippen LogP contribution in [0.3, 0.4) is 0 Å². The molecule has 0 spiro atoms. The van der Waals surface area contributed by atoms with E-state index in [0.29, 0.717) is 0 Å². The first kappa shape index (κ1) is 27.2. The number of aliphatic carboxylic acids is 1. The van der Waals surface area contributed by atoms with Crippen LogP contribution in [0.15, 0.2) is 43.0 Å². The van der Waals surface area contributed by atoms with Crippen molar-refractivity contribution in [1.82, 2.24) is 10.2 Å². The molecule has 0 aromatic heterocycles. The molecule has 1 unspecified atom stereocenters. The van der Waals surface area contributed by atoms with Crippen LogP contribution in [-0.2, 0) is 14.3 Å². The fraction of sp³-hybridized carbons (Fsp3) is 0.560. The van der Waals surface area contributed by atoms with Crippen LogP contribution in [0.2, 0.25) is 0 Å². The number of benzene rings is 1. The van der Waals surface area contributed by atoms with Crippen LogP contribution in [0.4, 0.5) is 4.79 Å². The third-order valence-electron chi connectivity index (χ3n) is 5.06. The van der Waals surface area contributed by atoms with Gasteiger partial charge in [-0.15, -0.1) is 6.58 Å². The van der Waals surface area contributed by atoms with Crippen LogP contribution < -0.4 is 5.32 Å². The summed E-state index contributed by atoms with van der Waals surface area (Å²) in [6, 6.07) is 8.75. The number of nitrogens with one attached hydrogen (secondary N) is 1. The zero-order valence-electron chi connectivity index (χ0n) is 20.3. The molecule has 2 amide bonds. The predicted octanol–water partition coefficient (Wildman–Crippen LogP) is 4.65. The number of alkyl carbamates (subject to hydrolysis) is 1.